The molecular weight excluding hydrogens is 272 g/mol. The molecule has 2 rings (SSSR count). The Morgan fingerprint density at radius 3 is 2.45 bits per heavy atom. The minimum absolute atomic E-state index is 0.00785. The smallest absolute Gasteiger partial charge is 0.226 e. The van der Waals surface area contributed by atoms with Crippen LogP contribution in [0.15, 0.2) is 24.5 Å². The van der Waals surface area contributed by atoms with Crippen molar-refractivity contribution in [2.75, 3.05) is 0 Å². The maximum absolute atomic E-state index is 6.00. The van der Waals surface area contributed by atoms with E-state index in [-0.39, 0.29) is 5.41 Å². The lowest BCUT2D eigenvalue weighted by Crippen LogP contribution is -2.13. The van der Waals surface area contributed by atoms with Gasteiger partial charge >= 0.3 is 0 Å². The predicted octanol–water partition coefficient (Wildman–Crippen LogP) is 4.84. The van der Waals surface area contributed by atoms with Crippen LogP contribution < -0.4 is 4.74 Å². The number of aromatic nitrogens is 2. The van der Waals surface area contributed by atoms with Gasteiger partial charge in [-0.3, -0.25) is 0 Å². The maximum Gasteiger partial charge on any atom is 0.226 e. The molecule has 0 bridgehead atoms. The molecule has 2 aromatic rings. The van der Waals surface area contributed by atoms with E-state index in [9.17, 15) is 0 Å². The molecule has 0 spiro atoms. The van der Waals surface area contributed by atoms with E-state index in [0.29, 0.717) is 11.0 Å². The summed E-state index contributed by atoms with van der Waals surface area (Å²) in [5.41, 5.74) is 3.09. The van der Waals surface area contributed by atoms with Crippen molar-refractivity contribution in [3.63, 3.8) is 0 Å². The summed E-state index contributed by atoms with van der Waals surface area (Å²) in [7, 11) is 0. The fourth-order valence-corrected chi connectivity index (χ4v) is 2.06. The molecule has 3 nitrogen and oxygen atoms in total. The van der Waals surface area contributed by atoms with Crippen LogP contribution in [-0.2, 0) is 5.41 Å². The minimum Gasteiger partial charge on any atom is -0.438 e. The lowest BCUT2D eigenvalue weighted by atomic mass is 9.85. The van der Waals surface area contributed by atoms with Crippen molar-refractivity contribution in [2.24, 2.45) is 0 Å². The van der Waals surface area contributed by atoms with Gasteiger partial charge < -0.3 is 4.74 Å². The van der Waals surface area contributed by atoms with Gasteiger partial charge in [-0.15, -0.1) is 0 Å². The Hall–Kier alpha value is -1.61. The summed E-state index contributed by atoms with van der Waals surface area (Å²) in [5, 5.41) is 0.416. The standard InChI is InChI=1S/C16H19ClN2O/c1-10-6-7-13(12(8-10)16(3,4)5)20-15-11(2)14(17)18-9-19-15/h6-9H,1-5H3. The molecule has 0 amide bonds. The number of aryl methyl sites for hydroxylation is 1. The van der Waals surface area contributed by atoms with Crippen LogP contribution in [0.2, 0.25) is 5.15 Å². The highest BCUT2D eigenvalue weighted by Crippen LogP contribution is 2.35. The third-order valence-corrected chi connectivity index (χ3v) is 3.51. The van der Waals surface area contributed by atoms with E-state index >= 15 is 0 Å². The summed E-state index contributed by atoms with van der Waals surface area (Å²) < 4.78 is 5.97. The Morgan fingerprint density at radius 2 is 1.80 bits per heavy atom. The average Bonchev–Trinajstić information content (AvgIpc) is 2.36. The Morgan fingerprint density at radius 1 is 1.10 bits per heavy atom. The van der Waals surface area contributed by atoms with Gasteiger partial charge in [0.25, 0.3) is 0 Å². The lowest BCUT2D eigenvalue weighted by molar-refractivity contribution is 0.435. The van der Waals surface area contributed by atoms with Crippen LogP contribution in [0, 0.1) is 13.8 Å². The van der Waals surface area contributed by atoms with E-state index in [2.05, 4.69) is 43.7 Å². The molecule has 1 heterocycles. The largest absolute Gasteiger partial charge is 0.438 e. The molecule has 4 heteroatoms. The van der Waals surface area contributed by atoms with E-state index in [4.69, 9.17) is 16.3 Å². The van der Waals surface area contributed by atoms with Crippen LogP contribution in [0.3, 0.4) is 0 Å². The van der Waals surface area contributed by atoms with E-state index in [1.165, 1.54) is 11.9 Å². The first kappa shape index (κ1) is 14.8. The second kappa shape index (κ2) is 5.41. The van der Waals surface area contributed by atoms with Gasteiger partial charge in [0.1, 0.15) is 17.2 Å². The normalized spacial score (nSPS) is 11.5. The zero-order valence-electron chi connectivity index (χ0n) is 12.5. The molecule has 0 saturated heterocycles. The average molecular weight is 291 g/mol. The molecule has 0 aliphatic rings. The van der Waals surface area contributed by atoms with Crippen molar-refractivity contribution in [3.8, 4) is 11.6 Å². The molecule has 0 saturated carbocycles. The van der Waals surface area contributed by atoms with Crippen molar-refractivity contribution in [3.05, 3.63) is 46.4 Å². The third kappa shape index (κ3) is 3.10. The monoisotopic (exact) mass is 290 g/mol. The SMILES string of the molecule is Cc1ccc(Oc2ncnc(Cl)c2C)c(C(C)(C)C)c1. The molecule has 0 fully saturated rings. The van der Waals surface area contributed by atoms with Crippen molar-refractivity contribution in [2.45, 2.75) is 40.0 Å². The molecule has 0 aliphatic heterocycles. The second-order valence-corrected chi connectivity index (χ2v) is 6.30. The molecule has 1 aromatic heterocycles. The zero-order valence-corrected chi connectivity index (χ0v) is 13.2. The Balaban J connectivity index is 2.46. The summed E-state index contributed by atoms with van der Waals surface area (Å²) in [4.78, 5) is 8.10. The molecule has 1 aromatic carbocycles. The second-order valence-electron chi connectivity index (χ2n) is 5.95. The third-order valence-electron chi connectivity index (χ3n) is 3.13. The van der Waals surface area contributed by atoms with Crippen LogP contribution >= 0.6 is 11.6 Å². The number of rotatable bonds is 2. The fourth-order valence-electron chi connectivity index (χ4n) is 1.94. The van der Waals surface area contributed by atoms with Gasteiger partial charge in [-0.05, 0) is 25.3 Å². The van der Waals surface area contributed by atoms with Crippen LogP contribution in [0.25, 0.3) is 0 Å². The van der Waals surface area contributed by atoms with Crippen LogP contribution in [0.1, 0.15) is 37.5 Å². The summed E-state index contributed by atoms with van der Waals surface area (Å²) in [6, 6.07) is 6.15. The molecular formula is C16H19ClN2O. The van der Waals surface area contributed by atoms with E-state index < -0.39 is 0 Å². The number of ether oxygens (including phenoxy) is 1. The van der Waals surface area contributed by atoms with Crippen LogP contribution in [0.4, 0.5) is 0 Å². The predicted molar refractivity (Wildman–Crippen MR) is 81.7 cm³/mol. The topological polar surface area (TPSA) is 35.0 Å². The molecule has 106 valence electrons. The van der Waals surface area contributed by atoms with Crippen molar-refractivity contribution < 1.29 is 4.74 Å². The first-order valence-electron chi connectivity index (χ1n) is 6.55. The zero-order chi connectivity index (χ0) is 14.9. The molecule has 0 atom stereocenters. The van der Waals surface area contributed by atoms with Gasteiger partial charge in [-0.25, -0.2) is 9.97 Å². The van der Waals surface area contributed by atoms with Crippen LogP contribution in [0.5, 0.6) is 11.6 Å². The van der Waals surface area contributed by atoms with Crippen LogP contribution in [-0.4, -0.2) is 9.97 Å². The van der Waals surface area contributed by atoms with Gasteiger partial charge in [0.2, 0.25) is 5.88 Å². The van der Waals surface area contributed by atoms with Gasteiger partial charge in [-0.2, -0.15) is 0 Å². The Kier molecular flexibility index (Phi) is 4.00. The summed E-state index contributed by atoms with van der Waals surface area (Å²) in [6.07, 6.45) is 1.41. The van der Waals surface area contributed by atoms with Crippen molar-refractivity contribution >= 4 is 11.6 Å². The van der Waals surface area contributed by atoms with E-state index in [1.54, 1.807) is 0 Å². The van der Waals surface area contributed by atoms with Gasteiger partial charge in [-0.1, -0.05) is 50.1 Å². The Bertz CT molecular complexity index is 633. The van der Waals surface area contributed by atoms with Crippen molar-refractivity contribution in [1.29, 1.82) is 0 Å². The van der Waals surface area contributed by atoms with Gasteiger partial charge in [0.05, 0.1) is 0 Å². The summed E-state index contributed by atoms with van der Waals surface area (Å²) >= 11 is 6.00. The molecule has 0 aliphatic carbocycles. The summed E-state index contributed by atoms with van der Waals surface area (Å²) in [6.45, 7) is 10.4. The van der Waals surface area contributed by atoms with Gasteiger partial charge in [0.15, 0.2) is 0 Å². The first-order chi connectivity index (χ1) is 9.29. The maximum atomic E-state index is 6.00. The molecule has 0 unspecified atom stereocenters. The highest BCUT2D eigenvalue weighted by molar-refractivity contribution is 6.30. The van der Waals surface area contributed by atoms with Crippen molar-refractivity contribution in [1.82, 2.24) is 9.97 Å². The number of benzene rings is 1. The van der Waals surface area contributed by atoms with E-state index in [0.717, 1.165) is 16.9 Å². The summed E-state index contributed by atoms with van der Waals surface area (Å²) in [5.74, 6) is 1.31. The van der Waals surface area contributed by atoms with E-state index in [1.807, 2.05) is 19.1 Å². The minimum atomic E-state index is -0.00785. The number of halogens is 1. The number of hydrogen-bond acceptors (Lipinski definition) is 3. The molecule has 0 radical (unpaired) electrons. The first-order valence-corrected chi connectivity index (χ1v) is 6.93. The lowest BCUT2D eigenvalue weighted by Gasteiger charge is -2.23. The quantitative estimate of drug-likeness (QED) is 0.743. The fraction of sp³-hybridized carbons (Fsp3) is 0.375. The molecule has 0 N–H and O–H groups in total. The highest BCUT2D eigenvalue weighted by atomic mass is 35.5. The number of nitrogens with zero attached hydrogens (tertiary/aromatic N) is 2. The Labute approximate surface area is 125 Å². The highest BCUT2D eigenvalue weighted by Gasteiger charge is 2.20. The molecule has 20 heavy (non-hydrogen) atoms. The van der Waals surface area contributed by atoms with Gasteiger partial charge in [0, 0.05) is 11.1 Å². The number of hydrogen-bond donors (Lipinski definition) is 0.